The van der Waals surface area contributed by atoms with Crippen LogP contribution >= 0.6 is 15.9 Å². The Morgan fingerprint density at radius 1 is 1.60 bits per heavy atom. The molecule has 80 valence electrons. The minimum absolute atomic E-state index is 0.141. The molecule has 1 aliphatic heterocycles. The molecule has 0 spiro atoms. The number of benzene rings is 1. The molecule has 2 rings (SSSR count). The average Bonchev–Trinajstić information content (AvgIpc) is 2.26. The van der Waals surface area contributed by atoms with Gasteiger partial charge in [-0.3, -0.25) is 4.79 Å². The molecule has 15 heavy (non-hydrogen) atoms. The van der Waals surface area contributed by atoms with Gasteiger partial charge in [0, 0.05) is 10.9 Å². The molecule has 0 N–H and O–H groups in total. The van der Waals surface area contributed by atoms with Gasteiger partial charge in [-0.25, -0.2) is 0 Å². The van der Waals surface area contributed by atoms with Gasteiger partial charge in [0.2, 0.25) is 5.91 Å². The first-order chi connectivity index (χ1) is 7.22. The van der Waals surface area contributed by atoms with Gasteiger partial charge in [0.25, 0.3) is 0 Å². The molecule has 0 saturated carbocycles. The van der Waals surface area contributed by atoms with Crippen LogP contribution in [-0.2, 0) is 4.79 Å². The molecule has 0 unspecified atom stereocenters. The van der Waals surface area contributed by atoms with Crippen molar-refractivity contribution in [2.45, 2.75) is 13.3 Å². The lowest BCUT2D eigenvalue weighted by molar-refractivity contribution is -0.118. The van der Waals surface area contributed by atoms with E-state index in [-0.39, 0.29) is 5.91 Å². The van der Waals surface area contributed by atoms with Gasteiger partial charge in [-0.15, -0.1) is 0 Å². The lowest BCUT2D eigenvalue weighted by Gasteiger charge is -2.29. The van der Waals surface area contributed by atoms with Crippen LogP contribution in [0, 0.1) is 0 Å². The predicted molar refractivity (Wildman–Crippen MR) is 62.3 cm³/mol. The average molecular weight is 270 g/mol. The molecule has 3 nitrogen and oxygen atoms in total. The summed E-state index contributed by atoms with van der Waals surface area (Å²) < 4.78 is 6.47. The van der Waals surface area contributed by atoms with Crippen molar-refractivity contribution in [2.75, 3.05) is 18.1 Å². The number of carbonyl (C=O) groups excluding carboxylic acids is 1. The standard InChI is InChI=1S/C11H12BrNO2/c1-2-11(14)13-5-6-15-10-7-8(12)3-4-9(10)13/h3-4,7H,2,5-6H2,1H3. The van der Waals surface area contributed by atoms with Gasteiger partial charge in [-0.2, -0.15) is 0 Å². The molecule has 0 aliphatic carbocycles. The zero-order valence-electron chi connectivity index (χ0n) is 8.50. The third-order valence-corrected chi connectivity index (χ3v) is 2.88. The SMILES string of the molecule is CCC(=O)N1CCOc2cc(Br)ccc21. The quantitative estimate of drug-likeness (QED) is 0.785. The van der Waals surface area contributed by atoms with Gasteiger partial charge in [0.15, 0.2) is 0 Å². The van der Waals surface area contributed by atoms with E-state index in [0.717, 1.165) is 15.9 Å². The van der Waals surface area contributed by atoms with Crippen molar-refractivity contribution in [3.63, 3.8) is 0 Å². The Morgan fingerprint density at radius 3 is 3.13 bits per heavy atom. The molecule has 0 fully saturated rings. The van der Waals surface area contributed by atoms with Crippen LogP contribution in [0.3, 0.4) is 0 Å². The fraction of sp³-hybridized carbons (Fsp3) is 0.364. The van der Waals surface area contributed by atoms with E-state index in [4.69, 9.17) is 4.74 Å². The summed E-state index contributed by atoms with van der Waals surface area (Å²) in [6, 6.07) is 5.72. The molecule has 1 heterocycles. The number of rotatable bonds is 1. The minimum atomic E-state index is 0.141. The summed E-state index contributed by atoms with van der Waals surface area (Å²) in [5.74, 6) is 0.916. The van der Waals surface area contributed by atoms with Crippen molar-refractivity contribution < 1.29 is 9.53 Å². The number of hydrogen-bond acceptors (Lipinski definition) is 2. The van der Waals surface area contributed by atoms with Crippen molar-refractivity contribution in [1.29, 1.82) is 0 Å². The minimum Gasteiger partial charge on any atom is -0.489 e. The van der Waals surface area contributed by atoms with Crippen molar-refractivity contribution in [1.82, 2.24) is 0 Å². The summed E-state index contributed by atoms with van der Waals surface area (Å²) in [6.07, 6.45) is 0.523. The van der Waals surface area contributed by atoms with Crippen LogP contribution < -0.4 is 9.64 Å². The molecular weight excluding hydrogens is 258 g/mol. The Kier molecular flexibility index (Phi) is 2.95. The summed E-state index contributed by atoms with van der Waals surface area (Å²) in [6.45, 7) is 3.08. The highest BCUT2D eigenvalue weighted by molar-refractivity contribution is 9.10. The van der Waals surface area contributed by atoms with E-state index in [9.17, 15) is 4.79 Å². The zero-order valence-corrected chi connectivity index (χ0v) is 10.1. The van der Waals surface area contributed by atoms with Crippen LogP contribution in [0.5, 0.6) is 5.75 Å². The maximum Gasteiger partial charge on any atom is 0.226 e. The van der Waals surface area contributed by atoms with Crippen LogP contribution in [0.1, 0.15) is 13.3 Å². The maximum atomic E-state index is 11.7. The second-order valence-corrected chi connectivity index (χ2v) is 4.28. The first-order valence-corrected chi connectivity index (χ1v) is 5.74. The molecule has 0 saturated heterocycles. The van der Waals surface area contributed by atoms with Crippen LogP contribution in [0.2, 0.25) is 0 Å². The number of nitrogens with zero attached hydrogens (tertiary/aromatic N) is 1. The predicted octanol–water partition coefficient (Wildman–Crippen LogP) is 2.58. The highest BCUT2D eigenvalue weighted by atomic mass is 79.9. The second kappa shape index (κ2) is 4.23. The van der Waals surface area contributed by atoms with Gasteiger partial charge < -0.3 is 9.64 Å². The van der Waals surface area contributed by atoms with Crippen LogP contribution in [0.15, 0.2) is 22.7 Å². The normalized spacial score (nSPS) is 14.4. The fourth-order valence-electron chi connectivity index (χ4n) is 1.64. The smallest absolute Gasteiger partial charge is 0.226 e. The summed E-state index contributed by atoms with van der Waals surface area (Å²) in [7, 11) is 0. The van der Waals surface area contributed by atoms with Crippen LogP contribution in [0.25, 0.3) is 0 Å². The molecule has 0 aromatic heterocycles. The van der Waals surface area contributed by atoms with Gasteiger partial charge in [0.05, 0.1) is 12.2 Å². The van der Waals surface area contributed by atoms with E-state index < -0.39 is 0 Å². The summed E-state index contributed by atoms with van der Waals surface area (Å²) in [5, 5.41) is 0. The van der Waals surface area contributed by atoms with E-state index in [1.807, 2.05) is 25.1 Å². The molecule has 4 heteroatoms. The molecule has 1 aromatic rings. The topological polar surface area (TPSA) is 29.5 Å². The molecular formula is C11H12BrNO2. The van der Waals surface area contributed by atoms with E-state index >= 15 is 0 Å². The lowest BCUT2D eigenvalue weighted by atomic mass is 10.2. The highest BCUT2D eigenvalue weighted by Gasteiger charge is 2.22. The number of halogens is 1. The number of carbonyl (C=O) groups is 1. The highest BCUT2D eigenvalue weighted by Crippen LogP contribution is 2.34. The third-order valence-electron chi connectivity index (χ3n) is 2.39. The lowest BCUT2D eigenvalue weighted by Crippen LogP contribution is -2.37. The molecule has 1 amide bonds. The molecule has 1 aliphatic rings. The van der Waals surface area contributed by atoms with Crippen molar-refractivity contribution in [3.8, 4) is 5.75 Å². The first kappa shape index (κ1) is 10.5. The van der Waals surface area contributed by atoms with Crippen LogP contribution in [-0.4, -0.2) is 19.1 Å². The Balaban J connectivity index is 2.38. The van der Waals surface area contributed by atoms with Gasteiger partial charge in [0.1, 0.15) is 12.4 Å². The summed E-state index contributed by atoms with van der Waals surface area (Å²) in [4.78, 5) is 13.5. The van der Waals surface area contributed by atoms with E-state index in [1.54, 1.807) is 4.90 Å². The van der Waals surface area contributed by atoms with Crippen molar-refractivity contribution in [2.24, 2.45) is 0 Å². The Bertz CT molecular complexity index is 392. The number of amides is 1. The molecule has 1 aromatic carbocycles. The van der Waals surface area contributed by atoms with Crippen LogP contribution in [0.4, 0.5) is 5.69 Å². The van der Waals surface area contributed by atoms with E-state index in [0.29, 0.717) is 19.6 Å². The Morgan fingerprint density at radius 2 is 2.40 bits per heavy atom. The Labute approximate surface area is 97.2 Å². The number of ether oxygens (including phenoxy) is 1. The third kappa shape index (κ3) is 2.00. The number of hydrogen-bond donors (Lipinski definition) is 0. The Hall–Kier alpha value is -1.03. The maximum absolute atomic E-state index is 11.7. The summed E-state index contributed by atoms with van der Waals surface area (Å²) >= 11 is 3.38. The van der Waals surface area contributed by atoms with Gasteiger partial charge >= 0.3 is 0 Å². The van der Waals surface area contributed by atoms with Crippen molar-refractivity contribution >= 4 is 27.5 Å². The van der Waals surface area contributed by atoms with Gasteiger partial charge in [-0.05, 0) is 18.2 Å². The largest absolute Gasteiger partial charge is 0.489 e. The second-order valence-electron chi connectivity index (χ2n) is 3.36. The fourth-order valence-corrected chi connectivity index (χ4v) is 1.98. The first-order valence-electron chi connectivity index (χ1n) is 4.95. The molecule has 0 atom stereocenters. The number of anilines is 1. The summed E-state index contributed by atoms with van der Waals surface area (Å²) in [5.41, 5.74) is 0.872. The van der Waals surface area contributed by atoms with Gasteiger partial charge in [-0.1, -0.05) is 22.9 Å². The van der Waals surface area contributed by atoms with Crippen molar-refractivity contribution in [3.05, 3.63) is 22.7 Å². The van der Waals surface area contributed by atoms with E-state index in [2.05, 4.69) is 15.9 Å². The zero-order chi connectivity index (χ0) is 10.8. The molecule has 0 bridgehead atoms. The number of fused-ring (bicyclic) bond motifs is 1. The molecule has 0 radical (unpaired) electrons. The van der Waals surface area contributed by atoms with E-state index in [1.165, 1.54) is 0 Å². The monoisotopic (exact) mass is 269 g/mol.